The van der Waals surface area contributed by atoms with Crippen molar-refractivity contribution in [3.05, 3.63) is 50.2 Å². The summed E-state index contributed by atoms with van der Waals surface area (Å²) < 4.78 is 10.3. The highest BCUT2D eigenvalue weighted by atomic mass is 32.1. The number of methoxy groups -OCH3 is 1. The molecule has 0 N–H and O–H groups in total. The molecule has 0 saturated carbocycles. The zero-order valence-corrected chi connectivity index (χ0v) is 13.0. The molecule has 0 unspecified atom stereocenters. The number of Topliss-reactive ketones (excluding diaryl/α,β-unsaturated/α-hetero) is 1. The fraction of sp³-hybridized carbons (Fsp3) is 0.267. The van der Waals surface area contributed by atoms with E-state index in [0.717, 1.165) is 11.3 Å². The topological polar surface area (TPSA) is 78.7 Å². The van der Waals surface area contributed by atoms with Gasteiger partial charge in [-0.1, -0.05) is 6.92 Å². The summed E-state index contributed by atoms with van der Waals surface area (Å²) in [6.45, 7) is 1.77. The van der Waals surface area contributed by atoms with Gasteiger partial charge in [-0.05, 0) is 30.7 Å². The van der Waals surface area contributed by atoms with Crippen molar-refractivity contribution < 1.29 is 19.2 Å². The van der Waals surface area contributed by atoms with Gasteiger partial charge in [-0.2, -0.15) is 0 Å². The van der Waals surface area contributed by atoms with Crippen molar-refractivity contribution in [2.45, 2.75) is 13.3 Å². The normalized spacial score (nSPS) is 10.3. The molecule has 0 radical (unpaired) electrons. The van der Waals surface area contributed by atoms with E-state index in [1.54, 1.807) is 12.1 Å². The van der Waals surface area contributed by atoms with Gasteiger partial charge in [0.25, 0.3) is 0 Å². The van der Waals surface area contributed by atoms with Crippen LogP contribution in [0.3, 0.4) is 0 Å². The van der Waals surface area contributed by atoms with Crippen LogP contribution in [0, 0.1) is 10.1 Å². The number of carbonyl (C=O) groups is 1. The van der Waals surface area contributed by atoms with Crippen LogP contribution >= 0.6 is 11.3 Å². The zero-order valence-electron chi connectivity index (χ0n) is 12.2. The van der Waals surface area contributed by atoms with Gasteiger partial charge >= 0.3 is 5.69 Å². The maximum atomic E-state index is 12.0. The Labute approximate surface area is 131 Å². The average Bonchev–Trinajstić information content (AvgIpc) is 3.01. The smallest absolute Gasteiger partial charge is 0.314 e. The lowest BCUT2D eigenvalue weighted by Crippen LogP contribution is -2.11. The molecule has 0 amide bonds. The first-order valence-corrected chi connectivity index (χ1v) is 7.44. The number of hydrogen-bond donors (Lipinski definition) is 0. The van der Waals surface area contributed by atoms with Gasteiger partial charge in [-0.25, -0.2) is 0 Å². The summed E-state index contributed by atoms with van der Waals surface area (Å²) >= 11 is 1.41. The lowest BCUT2D eigenvalue weighted by molar-refractivity contribution is -0.385. The van der Waals surface area contributed by atoms with Crippen molar-refractivity contribution in [2.75, 3.05) is 13.7 Å². The van der Waals surface area contributed by atoms with Gasteiger partial charge in [-0.3, -0.25) is 14.9 Å². The molecule has 0 bridgehead atoms. The van der Waals surface area contributed by atoms with E-state index in [2.05, 4.69) is 0 Å². The maximum Gasteiger partial charge on any atom is 0.314 e. The molecule has 2 rings (SSSR count). The third kappa shape index (κ3) is 3.62. The van der Waals surface area contributed by atoms with Gasteiger partial charge in [-0.15, -0.1) is 11.3 Å². The molecule has 0 atom stereocenters. The van der Waals surface area contributed by atoms with Crippen LogP contribution in [-0.4, -0.2) is 24.4 Å². The highest BCUT2D eigenvalue weighted by Crippen LogP contribution is 2.31. The van der Waals surface area contributed by atoms with E-state index in [-0.39, 0.29) is 23.8 Å². The second-order valence-corrected chi connectivity index (χ2v) is 5.59. The molecule has 22 heavy (non-hydrogen) atoms. The summed E-state index contributed by atoms with van der Waals surface area (Å²) in [6.07, 6.45) is 0.864. The van der Waals surface area contributed by atoms with Crippen LogP contribution in [0.1, 0.15) is 21.5 Å². The first kappa shape index (κ1) is 16.0. The van der Waals surface area contributed by atoms with E-state index < -0.39 is 4.92 Å². The summed E-state index contributed by atoms with van der Waals surface area (Å²) in [7, 11) is 1.42. The minimum atomic E-state index is -0.567. The summed E-state index contributed by atoms with van der Waals surface area (Å²) in [5.74, 6) is 0.206. The standard InChI is InChI=1S/C15H15NO5S/c1-3-11-5-7-15(22-11)13(17)9-21-14-6-4-10(20-2)8-12(14)16(18)19/h4-8H,3,9H2,1-2H3. The van der Waals surface area contributed by atoms with Gasteiger partial charge < -0.3 is 9.47 Å². The van der Waals surface area contributed by atoms with Crippen molar-refractivity contribution in [1.82, 2.24) is 0 Å². The number of benzene rings is 1. The Bertz CT molecular complexity index is 695. The summed E-state index contributed by atoms with van der Waals surface area (Å²) in [4.78, 5) is 24.2. The molecule has 0 saturated heterocycles. The van der Waals surface area contributed by atoms with E-state index >= 15 is 0 Å². The van der Waals surface area contributed by atoms with Crippen LogP contribution in [0.15, 0.2) is 30.3 Å². The average molecular weight is 321 g/mol. The Hall–Kier alpha value is -2.41. The number of carbonyl (C=O) groups excluding carboxylic acids is 1. The zero-order chi connectivity index (χ0) is 16.1. The number of nitro groups is 1. The van der Waals surface area contributed by atoms with Gasteiger partial charge in [0.1, 0.15) is 5.75 Å². The van der Waals surface area contributed by atoms with Gasteiger partial charge in [0, 0.05) is 4.88 Å². The van der Waals surface area contributed by atoms with Crippen LogP contribution in [0.5, 0.6) is 11.5 Å². The Balaban J connectivity index is 2.10. The summed E-state index contributed by atoms with van der Waals surface area (Å²) in [5, 5.41) is 11.0. The van der Waals surface area contributed by atoms with E-state index in [4.69, 9.17) is 9.47 Å². The number of thiophene rings is 1. The fourth-order valence-corrected chi connectivity index (χ4v) is 2.69. The Morgan fingerprint density at radius 3 is 2.68 bits per heavy atom. The SMILES string of the molecule is CCc1ccc(C(=O)COc2ccc(OC)cc2[N+](=O)[O-])s1. The van der Waals surface area contributed by atoms with E-state index in [1.807, 2.05) is 13.0 Å². The largest absolute Gasteiger partial charge is 0.496 e. The third-order valence-corrected chi connectivity index (χ3v) is 4.28. The predicted octanol–water partition coefficient (Wildman–Crippen LogP) is 3.49. The molecule has 0 fully saturated rings. The minimum Gasteiger partial charge on any atom is -0.496 e. The molecular weight excluding hydrogens is 306 g/mol. The molecule has 0 aliphatic carbocycles. The summed E-state index contributed by atoms with van der Waals surface area (Å²) in [5.41, 5.74) is -0.229. The Kier molecular flexibility index (Phi) is 5.11. The van der Waals surface area contributed by atoms with Crippen molar-refractivity contribution in [3.8, 4) is 11.5 Å². The number of rotatable bonds is 7. The first-order chi connectivity index (χ1) is 10.5. The van der Waals surface area contributed by atoms with Gasteiger partial charge in [0.15, 0.2) is 12.4 Å². The first-order valence-electron chi connectivity index (χ1n) is 6.62. The highest BCUT2D eigenvalue weighted by molar-refractivity contribution is 7.14. The van der Waals surface area contributed by atoms with Gasteiger partial charge in [0.2, 0.25) is 5.78 Å². The lowest BCUT2D eigenvalue weighted by Gasteiger charge is -2.07. The summed E-state index contributed by atoms with van der Waals surface area (Å²) in [6, 6.07) is 7.88. The van der Waals surface area contributed by atoms with Crippen molar-refractivity contribution in [3.63, 3.8) is 0 Å². The third-order valence-electron chi connectivity index (χ3n) is 3.01. The molecule has 1 aromatic heterocycles. The molecule has 0 spiro atoms. The fourth-order valence-electron chi connectivity index (χ4n) is 1.82. The number of aryl methyl sites for hydroxylation is 1. The Morgan fingerprint density at radius 1 is 1.32 bits per heavy atom. The monoisotopic (exact) mass is 321 g/mol. The number of ether oxygens (including phenoxy) is 2. The highest BCUT2D eigenvalue weighted by Gasteiger charge is 2.18. The molecule has 116 valence electrons. The predicted molar refractivity (Wildman–Crippen MR) is 83.2 cm³/mol. The van der Waals surface area contributed by atoms with E-state index in [1.165, 1.54) is 30.6 Å². The number of hydrogen-bond acceptors (Lipinski definition) is 6. The van der Waals surface area contributed by atoms with Crippen LogP contribution in [0.4, 0.5) is 5.69 Å². The minimum absolute atomic E-state index is 0.0476. The van der Waals surface area contributed by atoms with Crippen LogP contribution in [0.25, 0.3) is 0 Å². The second kappa shape index (κ2) is 7.04. The quantitative estimate of drug-likeness (QED) is 0.443. The van der Waals surface area contributed by atoms with Crippen LogP contribution in [0.2, 0.25) is 0 Å². The molecular formula is C15H15NO5S. The number of nitro benzene ring substituents is 1. The second-order valence-electron chi connectivity index (χ2n) is 4.42. The van der Waals surface area contributed by atoms with Crippen molar-refractivity contribution in [2.24, 2.45) is 0 Å². The molecule has 7 heteroatoms. The molecule has 1 aromatic carbocycles. The molecule has 6 nitrogen and oxygen atoms in total. The van der Waals surface area contributed by atoms with E-state index in [9.17, 15) is 14.9 Å². The van der Waals surface area contributed by atoms with Crippen molar-refractivity contribution in [1.29, 1.82) is 0 Å². The van der Waals surface area contributed by atoms with Crippen LogP contribution in [-0.2, 0) is 6.42 Å². The molecule has 1 heterocycles. The van der Waals surface area contributed by atoms with Gasteiger partial charge in [0.05, 0.1) is 23.0 Å². The maximum absolute atomic E-state index is 12.0. The molecule has 0 aliphatic heterocycles. The molecule has 2 aromatic rings. The lowest BCUT2D eigenvalue weighted by atomic mass is 10.2. The van der Waals surface area contributed by atoms with Crippen molar-refractivity contribution >= 4 is 22.8 Å². The number of ketones is 1. The van der Waals surface area contributed by atoms with E-state index in [0.29, 0.717) is 10.6 Å². The molecule has 0 aliphatic rings. The number of nitrogens with zero attached hydrogens (tertiary/aromatic N) is 1. The van der Waals surface area contributed by atoms with Crippen LogP contribution < -0.4 is 9.47 Å². The Morgan fingerprint density at radius 2 is 2.09 bits per heavy atom.